The van der Waals surface area contributed by atoms with E-state index < -0.39 is 66.4 Å². The highest BCUT2D eigenvalue weighted by Crippen LogP contribution is 2.45. The normalized spacial score (nSPS) is 17.5. The molecule has 3 bridgehead atoms. The van der Waals surface area contributed by atoms with E-state index in [1.807, 2.05) is 0 Å². The van der Waals surface area contributed by atoms with Crippen LogP contribution in [0.5, 0.6) is 17.2 Å². The van der Waals surface area contributed by atoms with Crippen LogP contribution in [0.3, 0.4) is 0 Å². The van der Waals surface area contributed by atoms with Gasteiger partial charge >= 0.3 is 24.0 Å². The van der Waals surface area contributed by atoms with Crippen molar-refractivity contribution in [1.29, 1.82) is 0 Å². The summed E-state index contributed by atoms with van der Waals surface area (Å²) in [5, 5.41) is 15.8. The lowest BCUT2D eigenvalue weighted by Gasteiger charge is -2.27. The molecule has 3 aromatic rings. The van der Waals surface area contributed by atoms with Crippen molar-refractivity contribution in [3.63, 3.8) is 0 Å². The molecule has 0 radical (unpaired) electrons. The molecule has 1 aromatic heterocycles. The number of carbonyl (C=O) groups is 5. The second-order valence-corrected chi connectivity index (χ2v) is 9.11. The van der Waals surface area contributed by atoms with Gasteiger partial charge in [-0.2, -0.15) is 0 Å². The highest BCUT2D eigenvalue weighted by Gasteiger charge is 2.48. The van der Waals surface area contributed by atoms with Gasteiger partial charge in [-0.15, -0.1) is 0 Å². The Labute approximate surface area is 231 Å². The maximum Gasteiger partial charge on any atom is 0.407 e. The number of amides is 2. The standard InChI is InChI=1S/C27H22N4O10/c28-17-5-1-2-6-18(17)31-24(34)15-8-19-16(12-30-26(36)38-13-14-4-3-7-29-11-14)23-22(15)40-21(33)10-27(37,25(35)41-23)9-20(32)39-19/h1-8,11,37H,9-10,12-13,28H2,(H,30,36)(H,31,34). The maximum atomic E-state index is 13.4. The first-order chi connectivity index (χ1) is 19.6. The number of ether oxygens (including phenoxy) is 4. The van der Waals surface area contributed by atoms with Crippen molar-refractivity contribution >= 4 is 41.3 Å². The average molecular weight is 562 g/mol. The molecule has 5 rings (SSSR count). The van der Waals surface area contributed by atoms with Crippen molar-refractivity contribution in [3.8, 4) is 17.2 Å². The lowest BCUT2D eigenvalue weighted by molar-refractivity contribution is -0.168. The first-order valence-corrected chi connectivity index (χ1v) is 12.1. The summed E-state index contributed by atoms with van der Waals surface area (Å²) in [6.07, 6.45) is 0.256. The van der Waals surface area contributed by atoms with E-state index in [0.29, 0.717) is 5.56 Å². The van der Waals surface area contributed by atoms with Crippen molar-refractivity contribution in [1.82, 2.24) is 10.3 Å². The minimum absolute atomic E-state index is 0.110. The molecule has 0 saturated heterocycles. The Kier molecular flexibility index (Phi) is 7.22. The van der Waals surface area contributed by atoms with Crippen molar-refractivity contribution < 1.29 is 48.0 Å². The van der Waals surface area contributed by atoms with Crippen LogP contribution in [-0.2, 0) is 32.3 Å². The summed E-state index contributed by atoms with van der Waals surface area (Å²) in [6, 6.07) is 10.8. The molecule has 0 saturated carbocycles. The molecule has 2 amide bonds. The average Bonchev–Trinajstić information content (AvgIpc) is 2.94. The number of benzene rings is 2. The number of hydrogen-bond donors (Lipinski definition) is 4. The fourth-order valence-corrected chi connectivity index (χ4v) is 4.12. The van der Waals surface area contributed by atoms with Crippen LogP contribution in [0.15, 0.2) is 54.9 Å². The molecule has 2 aliphatic heterocycles. The fraction of sp³-hybridized carbons (Fsp3) is 0.185. The summed E-state index contributed by atoms with van der Waals surface area (Å²) in [7, 11) is 0. The van der Waals surface area contributed by atoms with Crippen LogP contribution in [-0.4, -0.2) is 45.6 Å². The smallest absolute Gasteiger partial charge is 0.407 e. The van der Waals surface area contributed by atoms with Gasteiger partial charge in [-0.05, 0) is 24.3 Å². The zero-order valence-corrected chi connectivity index (χ0v) is 21.2. The van der Waals surface area contributed by atoms with Crippen molar-refractivity contribution in [3.05, 3.63) is 71.5 Å². The van der Waals surface area contributed by atoms with Gasteiger partial charge in [0, 0.05) is 18.0 Å². The molecular weight excluding hydrogens is 540 g/mol. The van der Waals surface area contributed by atoms with Gasteiger partial charge in [-0.3, -0.25) is 19.4 Å². The maximum absolute atomic E-state index is 13.4. The number of nitrogens with zero attached hydrogens (tertiary/aromatic N) is 1. The Morgan fingerprint density at radius 1 is 1.02 bits per heavy atom. The number of aromatic nitrogens is 1. The Balaban J connectivity index is 1.54. The highest BCUT2D eigenvalue weighted by molar-refractivity contribution is 6.09. The largest absolute Gasteiger partial charge is 0.445 e. The van der Waals surface area contributed by atoms with E-state index in [2.05, 4.69) is 15.6 Å². The number of carbonyl (C=O) groups excluding carboxylic acids is 5. The fourth-order valence-electron chi connectivity index (χ4n) is 4.12. The molecule has 3 heterocycles. The second-order valence-electron chi connectivity index (χ2n) is 9.11. The number of hydrogen-bond acceptors (Lipinski definition) is 12. The van der Waals surface area contributed by atoms with Crippen LogP contribution < -0.4 is 30.6 Å². The van der Waals surface area contributed by atoms with Crippen LogP contribution in [0.25, 0.3) is 0 Å². The van der Waals surface area contributed by atoms with Gasteiger partial charge in [0.2, 0.25) is 0 Å². The predicted octanol–water partition coefficient (Wildman–Crippen LogP) is 1.60. The number of aliphatic hydroxyl groups is 1. The Morgan fingerprint density at radius 3 is 2.51 bits per heavy atom. The number of pyridine rings is 1. The van der Waals surface area contributed by atoms with Gasteiger partial charge in [0.05, 0.1) is 41.9 Å². The number of esters is 3. The summed E-state index contributed by atoms with van der Waals surface area (Å²) >= 11 is 0. The van der Waals surface area contributed by atoms with Crippen LogP contribution in [0, 0.1) is 0 Å². The van der Waals surface area contributed by atoms with Crippen LogP contribution >= 0.6 is 0 Å². The first kappa shape index (κ1) is 27.1. The molecule has 14 nitrogen and oxygen atoms in total. The number of para-hydroxylation sites is 2. The number of rotatable bonds is 6. The van der Waals surface area contributed by atoms with Crippen LogP contribution in [0.1, 0.15) is 34.3 Å². The van der Waals surface area contributed by atoms with Gasteiger partial charge in [0.25, 0.3) is 5.91 Å². The summed E-state index contributed by atoms with van der Waals surface area (Å²) in [5.41, 5.74) is 3.88. The third-order valence-electron chi connectivity index (χ3n) is 6.14. The minimum atomic E-state index is -2.60. The van der Waals surface area contributed by atoms with E-state index in [4.69, 9.17) is 24.7 Å². The van der Waals surface area contributed by atoms with Gasteiger partial charge in [0.15, 0.2) is 17.1 Å². The van der Waals surface area contributed by atoms with E-state index in [1.54, 1.807) is 36.5 Å². The molecule has 1 unspecified atom stereocenters. The molecule has 1 atom stereocenters. The van der Waals surface area contributed by atoms with Crippen LogP contribution in [0.2, 0.25) is 0 Å². The van der Waals surface area contributed by atoms with Crippen LogP contribution in [0.4, 0.5) is 16.2 Å². The van der Waals surface area contributed by atoms with Gasteiger partial charge in [-0.1, -0.05) is 18.2 Å². The van der Waals surface area contributed by atoms with E-state index in [-0.39, 0.29) is 34.9 Å². The quantitative estimate of drug-likeness (QED) is 0.192. The van der Waals surface area contributed by atoms with Gasteiger partial charge in [-0.25, -0.2) is 9.59 Å². The molecule has 0 fully saturated rings. The number of nitrogens with one attached hydrogen (secondary N) is 2. The Hall–Kier alpha value is -5.50. The molecule has 2 aliphatic rings. The van der Waals surface area contributed by atoms with E-state index >= 15 is 0 Å². The summed E-state index contributed by atoms with van der Waals surface area (Å²) in [4.78, 5) is 68.2. The van der Waals surface area contributed by atoms with E-state index in [9.17, 15) is 29.1 Å². The minimum Gasteiger partial charge on any atom is -0.445 e. The third-order valence-corrected chi connectivity index (χ3v) is 6.14. The molecular formula is C27H22N4O10. The lowest BCUT2D eigenvalue weighted by Crippen LogP contribution is -2.47. The first-order valence-electron chi connectivity index (χ1n) is 12.1. The highest BCUT2D eigenvalue weighted by atomic mass is 16.6. The second kappa shape index (κ2) is 10.9. The molecule has 41 heavy (non-hydrogen) atoms. The zero-order chi connectivity index (χ0) is 29.1. The Morgan fingerprint density at radius 2 is 1.78 bits per heavy atom. The summed E-state index contributed by atoms with van der Waals surface area (Å²) in [6.45, 7) is -0.575. The molecule has 5 N–H and O–H groups in total. The van der Waals surface area contributed by atoms with E-state index in [0.717, 1.165) is 6.07 Å². The van der Waals surface area contributed by atoms with Gasteiger partial charge < -0.3 is 40.4 Å². The van der Waals surface area contributed by atoms with Crippen molar-refractivity contribution in [2.24, 2.45) is 0 Å². The SMILES string of the molecule is Nc1ccccc1NC(=O)c1cc2c(CNC(=O)OCc3cccnc3)c3c1OC(=O)CC(O)(CC(=O)O2)C(=O)O3. The summed E-state index contributed by atoms with van der Waals surface area (Å²) < 4.78 is 21.4. The number of anilines is 2. The van der Waals surface area contributed by atoms with Crippen molar-refractivity contribution in [2.75, 3.05) is 11.1 Å². The lowest BCUT2D eigenvalue weighted by atomic mass is 9.95. The van der Waals surface area contributed by atoms with Crippen molar-refractivity contribution in [2.45, 2.75) is 31.6 Å². The Bertz CT molecular complexity index is 1580. The van der Waals surface area contributed by atoms with E-state index in [1.165, 1.54) is 12.3 Å². The molecule has 2 aromatic carbocycles. The predicted molar refractivity (Wildman–Crippen MR) is 138 cm³/mol. The number of nitrogens with two attached hydrogens (primary N) is 1. The monoisotopic (exact) mass is 562 g/mol. The number of fused-ring (bicyclic) bond motifs is 3. The molecule has 0 aliphatic carbocycles. The zero-order valence-electron chi connectivity index (χ0n) is 21.2. The molecule has 0 spiro atoms. The molecule has 14 heteroatoms. The third kappa shape index (κ3) is 5.77. The van der Waals surface area contributed by atoms with Gasteiger partial charge in [0.1, 0.15) is 12.4 Å². The topological polar surface area (TPSA) is 205 Å². The molecule has 210 valence electrons. The number of nitrogen functional groups attached to an aromatic ring is 1. The summed E-state index contributed by atoms with van der Waals surface area (Å²) in [5.74, 6) is -5.78. The number of alkyl carbamates (subject to hydrolysis) is 1.